The number of anilines is 1. The zero-order chi connectivity index (χ0) is 16.5. The van der Waals surface area contributed by atoms with Crippen molar-refractivity contribution in [3.8, 4) is 5.75 Å². The first-order chi connectivity index (χ1) is 11.2. The van der Waals surface area contributed by atoms with Crippen LogP contribution in [0.1, 0.15) is 18.1 Å². The highest BCUT2D eigenvalue weighted by atomic mass is 32.1. The van der Waals surface area contributed by atoms with Crippen molar-refractivity contribution in [3.05, 3.63) is 53.6 Å². The first kappa shape index (κ1) is 17.2. The second-order valence-electron chi connectivity index (χ2n) is 4.86. The van der Waals surface area contributed by atoms with Gasteiger partial charge in [-0.1, -0.05) is 18.2 Å². The zero-order valence-corrected chi connectivity index (χ0v) is 14.0. The summed E-state index contributed by atoms with van der Waals surface area (Å²) in [6, 6.07) is 6.05. The molecule has 2 N–H and O–H groups in total. The Morgan fingerprint density at radius 1 is 1.48 bits per heavy atom. The Morgan fingerprint density at radius 3 is 3.04 bits per heavy atom. The van der Waals surface area contributed by atoms with Crippen molar-refractivity contribution in [1.82, 2.24) is 10.3 Å². The first-order valence-corrected chi connectivity index (χ1v) is 8.36. The lowest BCUT2D eigenvalue weighted by atomic mass is 10.1. The van der Waals surface area contributed by atoms with Crippen LogP contribution in [-0.4, -0.2) is 24.0 Å². The Bertz CT molecular complexity index is 641. The summed E-state index contributed by atoms with van der Waals surface area (Å²) in [5.41, 5.74) is 2.21. The number of hydrogen-bond acceptors (Lipinski definition) is 5. The number of nitrogens with one attached hydrogen (secondary N) is 2. The van der Waals surface area contributed by atoms with Gasteiger partial charge >= 0.3 is 0 Å². The van der Waals surface area contributed by atoms with Crippen molar-refractivity contribution in [1.29, 1.82) is 0 Å². The number of benzene rings is 1. The van der Waals surface area contributed by atoms with Crippen molar-refractivity contribution in [3.63, 3.8) is 0 Å². The van der Waals surface area contributed by atoms with Crippen LogP contribution in [0.3, 0.4) is 0 Å². The largest absolute Gasteiger partial charge is 0.494 e. The van der Waals surface area contributed by atoms with Crippen LogP contribution >= 0.6 is 11.3 Å². The predicted octanol–water partition coefficient (Wildman–Crippen LogP) is 3.00. The molecule has 0 atom stereocenters. The number of carbonyl (C=O) groups excluding carboxylic acids is 1. The minimum absolute atomic E-state index is 0.0998. The van der Waals surface area contributed by atoms with E-state index >= 15 is 0 Å². The highest BCUT2D eigenvalue weighted by Crippen LogP contribution is 2.21. The lowest BCUT2D eigenvalue weighted by molar-refractivity contribution is -0.115. The Hall–Kier alpha value is -2.18. The number of carbonyl (C=O) groups is 1. The molecular formula is C17H21N3O2S. The number of allylic oxidation sites excluding steroid dienone is 1. The van der Waals surface area contributed by atoms with Gasteiger partial charge in [-0.15, -0.1) is 17.9 Å². The van der Waals surface area contributed by atoms with Gasteiger partial charge in [-0.25, -0.2) is 4.98 Å². The van der Waals surface area contributed by atoms with Gasteiger partial charge in [0.25, 0.3) is 0 Å². The van der Waals surface area contributed by atoms with E-state index in [0.29, 0.717) is 18.3 Å². The number of rotatable bonds is 9. The highest BCUT2D eigenvalue weighted by Gasteiger charge is 2.06. The smallest absolute Gasteiger partial charge is 0.240 e. The van der Waals surface area contributed by atoms with Gasteiger partial charge in [0, 0.05) is 18.1 Å². The predicted molar refractivity (Wildman–Crippen MR) is 94.0 cm³/mol. The average Bonchev–Trinajstić information content (AvgIpc) is 3.03. The van der Waals surface area contributed by atoms with Gasteiger partial charge in [-0.05, 0) is 30.5 Å². The molecule has 0 bridgehead atoms. The molecule has 0 aliphatic carbocycles. The SMILES string of the molecule is C=CCc1cc(CNCC(=O)Nc2nccs2)ccc1OCC. The minimum atomic E-state index is -0.0998. The Morgan fingerprint density at radius 2 is 2.35 bits per heavy atom. The fraction of sp³-hybridized carbons (Fsp3) is 0.294. The molecule has 0 aliphatic rings. The van der Waals surface area contributed by atoms with Crippen molar-refractivity contribution < 1.29 is 9.53 Å². The van der Waals surface area contributed by atoms with Crippen molar-refractivity contribution >= 4 is 22.4 Å². The third-order valence-corrected chi connectivity index (χ3v) is 3.77. The number of thiazole rings is 1. The molecule has 0 spiro atoms. The number of nitrogens with zero attached hydrogens (tertiary/aromatic N) is 1. The molecule has 0 saturated heterocycles. The second kappa shape index (κ2) is 9.07. The van der Waals surface area contributed by atoms with Gasteiger partial charge in [0.05, 0.1) is 13.2 Å². The lowest BCUT2D eigenvalue weighted by Crippen LogP contribution is -2.27. The van der Waals surface area contributed by atoms with Gasteiger partial charge in [0.15, 0.2) is 5.13 Å². The van der Waals surface area contributed by atoms with E-state index in [2.05, 4.69) is 28.3 Å². The maximum Gasteiger partial charge on any atom is 0.240 e. The van der Waals surface area contributed by atoms with Crippen LogP contribution < -0.4 is 15.4 Å². The van der Waals surface area contributed by atoms with Crippen LogP contribution in [0.2, 0.25) is 0 Å². The van der Waals surface area contributed by atoms with E-state index in [4.69, 9.17) is 4.74 Å². The molecule has 122 valence electrons. The van der Waals surface area contributed by atoms with Gasteiger partial charge in [0.2, 0.25) is 5.91 Å². The molecule has 0 saturated carbocycles. The van der Waals surface area contributed by atoms with E-state index in [9.17, 15) is 4.79 Å². The fourth-order valence-corrected chi connectivity index (χ4v) is 2.67. The number of hydrogen-bond donors (Lipinski definition) is 2. The molecule has 0 unspecified atom stereocenters. The third-order valence-electron chi connectivity index (χ3n) is 3.08. The summed E-state index contributed by atoms with van der Waals surface area (Å²) in [5.74, 6) is 0.787. The Kier molecular flexibility index (Phi) is 6.77. The monoisotopic (exact) mass is 331 g/mol. The van der Waals surface area contributed by atoms with Crippen LogP contribution in [0.5, 0.6) is 5.75 Å². The van der Waals surface area contributed by atoms with Crippen LogP contribution in [0.25, 0.3) is 0 Å². The van der Waals surface area contributed by atoms with Gasteiger partial charge < -0.3 is 15.4 Å². The molecule has 1 amide bonds. The highest BCUT2D eigenvalue weighted by molar-refractivity contribution is 7.13. The van der Waals surface area contributed by atoms with Crippen molar-refractivity contribution in [2.24, 2.45) is 0 Å². The fourth-order valence-electron chi connectivity index (χ4n) is 2.12. The summed E-state index contributed by atoms with van der Waals surface area (Å²) in [7, 11) is 0. The van der Waals surface area contributed by atoms with E-state index in [-0.39, 0.29) is 12.5 Å². The quantitative estimate of drug-likeness (QED) is 0.693. The molecule has 6 heteroatoms. The second-order valence-corrected chi connectivity index (χ2v) is 5.75. The molecule has 5 nitrogen and oxygen atoms in total. The molecule has 2 aromatic rings. The molecule has 0 fully saturated rings. The maximum atomic E-state index is 11.8. The topological polar surface area (TPSA) is 63.2 Å². The average molecular weight is 331 g/mol. The Labute approximate surface area is 140 Å². The third kappa shape index (κ3) is 5.50. The molecule has 1 aromatic carbocycles. The summed E-state index contributed by atoms with van der Waals surface area (Å²) in [6.07, 6.45) is 4.28. The molecule has 0 radical (unpaired) electrons. The lowest BCUT2D eigenvalue weighted by Gasteiger charge is -2.11. The summed E-state index contributed by atoms with van der Waals surface area (Å²) in [5, 5.41) is 8.31. The normalized spacial score (nSPS) is 10.3. The zero-order valence-electron chi connectivity index (χ0n) is 13.2. The van der Waals surface area contributed by atoms with Crippen molar-refractivity contribution in [2.45, 2.75) is 19.9 Å². The van der Waals surface area contributed by atoms with E-state index in [1.165, 1.54) is 11.3 Å². The van der Waals surface area contributed by atoms with Gasteiger partial charge in [-0.2, -0.15) is 0 Å². The van der Waals surface area contributed by atoms with Crippen LogP contribution in [-0.2, 0) is 17.8 Å². The van der Waals surface area contributed by atoms with E-state index < -0.39 is 0 Å². The summed E-state index contributed by atoms with van der Waals surface area (Å²) < 4.78 is 5.61. The first-order valence-electron chi connectivity index (χ1n) is 7.48. The van der Waals surface area contributed by atoms with Crippen LogP contribution in [0, 0.1) is 0 Å². The van der Waals surface area contributed by atoms with E-state index in [0.717, 1.165) is 23.3 Å². The summed E-state index contributed by atoms with van der Waals surface area (Å²) in [4.78, 5) is 15.8. The summed E-state index contributed by atoms with van der Waals surface area (Å²) in [6.45, 7) is 7.24. The summed E-state index contributed by atoms with van der Waals surface area (Å²) >= 11 is 1.40. The molecule has 2 rings (SSSR count). The molecule has 23 heavy (non-hydrogen) atoms. The van der Waals surface area contributed by atoms with E-state index in [1.54, 1.807) is 6.20 Å². The number of aromatic nitrogens is 1. The minimum Gasteiger partial charge on any atom is -0.494 e. The van der Waals surface area contributed by atoms with E-state index in [1.807, 2.05) is 30.5 Å². The van der Waals surface area contributed by atoms with Gasteiger partial charge in [-0.3, -0.25) is 4.79 Å². The molecule has 1 heterocycles. The molecule has 1 aromatic heterocycles. The standard InChI is InChI=1S/C17H21N3O2S/c1-3-5-14-10-13(6-7-15(14)22-4-2)11-18-12-16(21)20-17-19-8-9-23-17/h3,6-10,18H,1,4-5,11-12H2,2H3,(H,19,20,21). The number of amides is 1. The van der Waals surface area contributed by atoms with Gasteiger partial charge in [0.1, 0.15) is 5.75 Å². The van der Waals surface area contributed by atoms with Crippen LogP contribution in [0.4, 0.5) is 5.13 Å². The maximum absolute atomic E-state index is 11.8. The number of ether oxygens (including phenoxy) is 1. The molecule has 0 aliphatic heterocycles. The molecular weight excluding hydrogens is 310 g/mol. The Balaban J connectivity index is 1.86. The van der Waals surface area contributed by atoms with Crippen LogP contribution in [0.15, 0.2) is 42.4 Å². The van der Waals surface area contributed by atoms with Crippen molar-refractivity contribution in [2.75, 3.05) is 18.5 Å².